The van der Waals surface area contributed by atoms with Crippen molar-refractivity contribution in [2.75, 3.05) is 13.2 Å². The zero-order valence-corrected chi connectivity index (χ0v) is 16.6. The Labute approximate surface area is 175 Å². The van der Waals surface area contributed by atoms with Crippen molar-refractivity contribution in [3.63, 3.8) is 0 Å². The quantitative estimate of drug-likeness (QED) is 0.496. The van der Waals surface area contributed by atoms with Crippen molar-refractivity contribution in [3.05, 3.63) is 58.4 Å². The van der Waals surface area contributed by atoms with Gasteiger partial charge in [0, 0.05) is 0 Å². The zero-order chi connectivity index (χ0) is 21.7. The fourth-order valence-electron chi connectivity index (χ4n) is 2.51. The third kappa shape index (κ3) is 5.09. The van der Waals surface area contributed by atoms with E-state index in [0.29, 0.717) is 17.1 Å². The van der Waals surface area contributed by atoms with Crippen LogP contribution >= 0.6 is 11.8 Å². The van der Waals surface area contributed by atoms with Gasteiger partial charge in [-0.1, -0.05) is 12.1 Å². The summed E-state index contributed by atoms with van der Waals surface area (Å²) in [5, 5.41) is 8.31. The summed E-state index contributed by atoms with van der Waals surface area (Å²) in [6, 6.07) is 9.58. The number of hydrogen-bond donors (Lipinski definition) is 1. The van der Waals surface area contributed by atoms with Gasteiger partial charge in [-0.25, -0.2) is 4.79 Å². The summed E-state index contributed by atoms with van der Waals surface area (Å²) in [4.78, 5) is 47.8. The monoisotopic (exact) mass is 431 g/mol. The Kier molecular flexibility index (Phi) is 6.58. The number of hydrogen-bond acceptors (Lipinski definition) is 8. The predicted octanol–water partition coefficient (Wildman–Crippen LogP) is 3.16. The first-order chi connectivity index (χ1) is 14.4. The molecule has 0 aliphatic carbocycles. The van der Waals surface area contributed by atoms with Gasteiger partial charge in [0.15, 0.2) is 0 Å². The second-order valence-electron chi connectivity index (χ2n) is 6.00. The molecule has 2 heterocycles. The second kappa shape index (κ2) is 9.31. The lowest BCUT2D eigenvalue weighted by Gasteiger charge is -2.10. The van der Waals surface area contributed by atoms with Crippen molar-refractivity contribution < 1.29 is 38.2 Å². The van der Waals surface area contributed by atoms with Crippen molar-refractivity contribution in [1.29, 1.82) is 0 Å². The van der Waals surface area contributed by atoms with Crippen LogP contribution in [-0.4, -0.2) is 46.2 Å². The highest BCUT2D eigenvalue weighted by atomic mass is 32.2. The van der Waals surface area contributed by atoms with Crippen molar-refractivity contribution in [1.82, 2.24) is 4.90 Å². The molecule has 1 N–H and O–H groups in total. The van der Waals surface area contributed by atoms with Crippen LogP contribution in [0.4, 0.5) is 4.79 Å². The van der Waals surface area contributed by atoms with E-state index in [0.717, 1.165) is 16.7 Å². The number of esters is 1. The Bertz CT molecular complexity index is 1010. The first-order valence-corrected chi connectivity index (χ1v) is 9.65. The Morgan fingerprint density at radius 2 is 1.90 bits per heavy atom. The lowest BCUT2D eigenvalue weighted by molar-refractivity contribution is -0.145. The van der Waals surface area contributed by atoms with Gasteiger partial charge in [-0.2, -0.15) is 0 Å². The second-order valence-corrected chi connectivity index (χ2v) is 6.99. The Morgan fingerprint density at radius 3 is 2.53 bits per heavy atom. The topological polar surface area (TPSA) is 123 Å². The molecule has 0 radical (unpaired) electrons. The summed E-state index contributed by atoms with van der Waals surface area (Å²) in [6.07, 6.45) is 1.55. The fourth-order valence-corrected chi connectivity index (χ4v) is 3.35. The molecule has 9 nitrogen and oxygen atoms in total. The number of furan rings is 1. The van der Waals surface area contributed by atoms with Crippen LogP contribution in [0.2, 0.25) is 0 Å². The molecule has 0 atom stereocenters. The zero-order valence-electron chi connectivity index (χ0n) is 15.8. The number of carbonyl (C=O) groups is 4. The van der Waals surface area contributed by atoms with Crippen molar-refractivity contribution in [2.45, 2.75) is 13.5 Å². The van der Waals surface area contributed by atoms with Crippen LogP contribution in [0.1, 0.15) is 28.8 Å². The largest absolute Gasteiger partial charge is 0.486 e. The molecule has 0 bridgehead atoms. The van der Waals surface area contributed by atoms with E-state index in [2.05, 4.69) is 0 Å². The van der Waals surface area contributed by atoms with E-state index < -0.39 is 29.6 Å². The third-order valence-corrected chi connectivity index (χ3v) is 4.80. The summed E-state index contributed by atoms with van der Waals surface area (Å²) in [5.74, 6) is -1.64. The maximum absolute atomic E-state index is 12.4. The number of carbonyl (C=O) groups excluding carboxylic acids is 3. The average Bonchev–Trinajstić information content (AvgIpc) is 3.29. The molecule has 1 fully saturated rings. The van der Waals surface area contributed by atoms with Crippen LogP contribution in [0.15, 0.2) is 45.7 Å². The van der Waals surface area contributed by atoms with Crippen LogP contribution in [0.3, 0.4) is 0 Å². The van der Waals surface area contributed by atoms with E-state index in [9.17, 15) is 19.2 Å². The smallest absolute Gasteiger partial charge is 0.371 e. The van der Waals surface area contributed by atoms with E-state index >= 15 is 0 Å². The molecule has 156 valence electrons. The molecule has 3 rings (SSSR count). The van der Waals surface area contributed by atoms with Crippen molar-refractivity contribution in [2.24, 2.45) is 0 Å². The summed E-state index contributed by atoms with van der Waals surface area (Å²) >= 11 is 0.752. The van der Waals surface area contributed by atoms with E-state index in [1.54, 1.807) is 37.3 Å². The van der Waals surface area contributed by atoms with Gasteiger partial charge in [0.1, 0.15) is 24.7 Å². The molecule has 0 unspecified atom stereocenters. The van der Waals surface area contributed by atoms with Crippen LogP contribution in [0.25, 0.3) is 6.08 Å². The molecule has 1 aromatic heterocycles. The molecule has 0 spiro atoms. The van der Waals surface area contributed by atoms with Gasteiger partial charge >= 0.3 is 11.9 Å². The van der Waals surface area contributed by atoms with Gasteiger partial charge < -0.3 is 19.0 Å². The number of rotatable bonds is 8. The van der Waals surface area contributed by atoms with Gasteiger partial charge in [-0.05, 0) is 54.6 Å². The summed E-state index contributed by atoms with van der Waals surface area (Å²) in [7, 11) is 0. The third-order valence-electron chi connectivity index (χ3n) is 3.90. The number of carboxylic acids is 1. The maximum atomic E-state index is 12.4. The number of nitrogens with zero attached hydrogens (tertiary/aromatic N) is 1. The molecule has 2 aromatic rings. The van der Waals surface area contributed by atoms with Crippen molar-refractivity contribution >= 4 is 40.9 Å². The maximum Gasteiger partial charge on any atom is 0.371 e. The van der Waals surface area contributed by atoms with Gasteiger partial charge in [0.25, 0.3) is 11.1 Å². The molecular formula is C20H17NO8S. The lowest BCUT2D eigenvalue weighted by atomic mass is 10.2. The molecular weight excluding hydrogens is 414 g/mol. The number of aromatic carboxylic acids is 1. The normalized spacial score (nSPS) is 15.0. The van der Waals surface area contributed by atoms with Gasteiger partial charge in [0.05, 0.1) is 11.5 Å². The number of benzene rings is 1. The predicted molar refractivity (Wildman–Crippen MR) is 106 cm³/mol. The number of amides is 2. The van der Waals surface area contributed by atoms with Gasteiger partial charge in [-0.15, -0.1) is 0 Å². The minimum Gasteiger partial charge on any atom is -0.486 e. The summed E-state index contributed by atoms with van der Waals surface area (Å²) < 4.78 is 15.4. The minimum atomic E-state index is -1.16. The summed E-state index contributed by atoms with van der Waals surface area (Å²) in [6.45, 7) is 1.44. The first-order valence-electron chi connectivity index (χ1n) is 8.83. The molecule has 0 saturated carbocycles. The van der Waals surface area contributed by atoms with E-state index in [4.69, 9.17) is 19.0 Å². The van der Waals surface area contributed by atoms with Crippen LogP contribution in [0, 0.1) is 0 Å². The standard InChI is InChI=1S/C20H17NO8S/c1-2-27-17(22)10-21-18(23)16(30-20(21)26)9-12-3-5-13(6-4-12)28-11-14-7-8-15(29-14)19(24)25/h3-9H,2,10-11H2,1H3,(H,24,25)/b16-9+. The van der Waals surface area contributed by atoms with Gasteiger partial charge in [-0.3, -0.25) is 19.3 Å². The highest BCUT2D eigenvalue weighted by Gasteiger charge is 2.36. The molecule has 10 heteroatoms. The first kappa shape index (κ1) is 21.2. The number of ether oxygens (including phenoxy) is 2. The number of imide groups is 1. The number of thioether (sulfide) groups is 1. The van der Waals surface area contributed by atoms with Crippen LogP contribution in [-0.2, 0) is 20.9 Å². The van der Waals surface area contributed by atoms with Gasteiger partial charge in [0.2, 0.25) is 5.76 Å². The Morgan fingerprint density at radius 1 is 1.17 bits per heavy atom. The van der Waals surface area contributed by atoms with E-state index in [-0.39, 0.29) is 23.9 Å². The lowest BCUT2D eigenvalue weighted by Crippen LogP contribution is -2.34. The van der Waals surface area contributed by atoms with E-state index in [1.807, 2.05) is 0 Å². The molecule has 1 aliphatic heterocycles. The highest BCUT2D eigenvalue weighted by Crippen LogP contribution is 2.32. The average molecular weight is 431 g/mol. The molecule has 2 amide bonds. The molecule has 30 heavy (non-hydrogen) atoms. The molecule has 1 aliphatic rings. The Balaban J connectivity index is 1.61. The summed E-state index contributed by atoms with van der Waals surface area (Å²) in [5.41, 5.74) is 0.662. The van der Waals surface area contributed by atoms with Crippen LogP contribution in [0.5, 0.6) is 5.75 Å². The van der Waals surface area contributed by atoms with E-state index in [1.165, 1.54) is 12.1 Å². The Hall–Kier alpha value is -3.53. The molecule has 1 aromatic carbocycles. The molecule has 1 saturated heterocycles. The fraction of sp³-hybridized carbons (Fsp3) is 0.200. The van der Waals surface area contributed by atoms with Crippen molar-refractivity contribution in [3.8, 4) is 5.75 Å². The van der Waals surface area contributed by atoms with Crippen LogP contribution < -0.4 is 4.74 Å². The number of carboxylic acid groups (broad SMARTS) is 1. The highest BCUT2D eigenvalue weighted by molar-refractivity contribution is 8.18. The minimum absolute atomic E-state index is 0.0549. The SMILES string of the molecule is CCOC(=O)CN1C(=O)S/C(=C/c2ccc(OCc3ccc(C(=O)O)o3)cc2)C1=O.